The van der Waals surface area contributed by atoms with Crippen LogP contribution in [0.5, 0.6) is 11.5 Å². The van der Waals surface area contributed by atoms with E-state index in [2.05, 4.69) is 4.98 Å². The maximum atomic E-state index is 12.8. The van der Waals surface area contributed by atoms with E-state index in [0.717, 1.165) is 16.9 Å². The lowest BCUT2D eigenvalue weighted by molar-refractivity contribution is -0.255. The number of ether oxygens (including phenoxy) is 2. The van der Waals surface area contributed by atoms with Crippen LogP contribution in [0.2, 0.25) is 0 Å². The zero-order valence-electron chi connectivity index (χ0n) is 14.8. The molecule has 0 radical (unpaired) electrons. The highest BCUT2D eigenvalue weighted by molar-refractivity contribution is 5.92. The SMILES string of the molecule is O=C([O-])c1ccc2c(=O)n3c(nc2c1)/C(=C/c1ccc2c(c1)OCCO2)CC3. The molecule has 0 aliphatic carbocycles. The van der Waals surface area contributed by atoms with Crippen LogP contribution in [0.1, 0.15) is 28.2 Å². The minimum absolute atomic E-state index is 0.000266. The predicted molar refractivity (Wildman–Crippen MR) is 100 cm³/mol. The van der Waals surface area contributed by atoms with Crippen LogP contribution in [0.3, 0.4) is 0 Å². The third-order valence-corrected chi connectivity index (χ3v) is 4.99. The van der Waals surface area contributed by atoms with E-state index in [4.69, 9.17) is 9.47 Å². The second-order valence-electron chi connectivity index (χ2n) is 6.73. The van der Waals surface area contributed by atoms with Gasteiger partial charge in [-0.25, -0.2) is 4.98 Å². The lowest BCUT2D eigenvalue weighted by Gasteiger charge is -2.18. The fraction of sp³-hybridized carbons (Fsp3) is 0.190. The van der Waals surface area contributed by atoms with Crippen LogP contribution in [0, 0.1) is 0 Å². The summed E-state index contributed by atoms with van der Waals surface area (Å²) in [4.78, 5) is 28.5. The highest BCUT2D eigenvalue weighted by atomic mass is 16.6. The average Bonchev–Trinajstić information content (AvgIpc) is 3.10. The number of hydrogen-bond acceptors (Lipinski definition) is 6. The van der Waals surface area contributed by atoms with Crippen molar-refractivity contribution in [3.8, 4) is 11.5 Å². The summed E-state index contributed by atoms with van der Waals surface area (Å²) in [7, 11) is 0. The molecule has 5 rings (SSSR count). The largest absolute Gasteiger partial charge is 0.545 e. The minimum atomic E-state index is -1.30. The molecule has 2 aromatic carbocycles. The lowest BCUT2D eigenvalue weighted by atomic mass is 10.1. The Morgan fingerprint density at radius 2 is 1.93 bits per heavy atom. The molecule has 0 saturated heterocycles. The second-order valence-corrected chi connectivity index (χ2v) is 6.73. The molecule has 2 aliphatic rings. The van der Waals surface area contributed by atoms with Gasteiger partial charge in [-0.2, -0.15) is 0 Å². The van der Waals surface area contributed by atoms with Gasteiger partial charge in [0.15, 0.2) is 11.5 Å². The molecule has 28 heavy (non-hydrogen) atoms. The number of allylic oxidation sites excluding steroid dienone is 1. The van der Waals surface area contributed by atoms with E-state index in [1.807, 2.05) is 24.3 Å². The summed E-state index contributed by atoms with van der Waals surface area (Å²) in [5.41, 5.74) is 2.02. The van der Waals surface area contributed by atoms with Crippen LogP contribution in [0.4, 0.5) is 0 Å². The predicted octanol–water partition coefficient (Wildman–Crippen LogP) is 1.48. The number of benzene rings is 2. The van der Waals surface area contributed by atoms with E-state index in [1.54, 1.807) is 4.57 Å². The van der Waals surface area contributed by atoms with E-state index in [-0.39, 0.29) is 11.1 Å². The van der Waals surface area contributed by atoms with Crippen molar-refractivity contribution >= 4 is 28.5 Å². The summed E-state index contributed by atoms with van der Waals surface area (Å²) < 4.78 is 12.8. The minimum Gasteiger partial charge on any atom is -0.545 e. The normalized spacial score (nSPS) is 16.4. The number of nitrogens with zero attached hydrogens (tertiary/aromatic N) is 2. The van der Waals surface area contributed by atoms with Crippen LogP contribution >= 0.6 is 0 Å². The quantitative estimate of drug-likeness (QED) is 0.673. The Balaban J connectivity index is 1.62. The maximum Gasteiger partial charge on any atom is 0.261 e. The van der Waals surface area contributed by atoms with Crippen molar-refractivity contribution < 1.29 is 19.4 Å². The molecule has 0 atom stereocenters. The molecular weight excluding hydrogens is 360 g/mol. The average molecular weight is 375 g/mol. The van der Waals surface area contributed by atoms with Gasteiger partial charge in [-0.3, -0.25) is 9.36 Å². The number of carbonyl (C=O) groups is 1. The molecule has 140 valence electrons. The first-order valence-corrected chi connectivity index (χ1v) is 8.97. The number of aromatic carboxylic acids is 1. The van der Waals surface area contributed by atoms with Crippen molar-refractivity contribution in [3.63, 3.8) is 0 Å². The zero-order chi connectivity index (χ0) is 19.3. The summed E-state index contributed by atoms with van der Waals surface area (Å²) in [6, 6.07) is 9.93. The van der Waals surface area contributed by atoms with E-state index in [1.165, 1.54) is 18.2 Å². The number of carboxylic acid groups (broad SMARTS) is 1. The van der Waals surface area contributed by atoms with Crippen molar-refractivity contribution in [2.75, 3.05) is 13.2 Å². The molecule has 0 spiro atoms. The highest BCUT2D eigenvalue weighted by Crippen LogP contribution is 2.33. The van der Waals surface area contributed by atoms with Crippen LogP contribution in [0.25, 0.3) is 22.6 Å². The molecule has 0 amide bonds. The van der Waals surface area contributed by atoms with E-state index in [0.29, 0.717) is 48.7 Å². The van der Waals surface area contributed by atoms with E-state index < -0.39 is 5.97 Å². The highest BCUT2D eigenvalue weighted by Gasteiger charge is 2.21. The smallest absolute Gasteiger partial charge is 0.261 e. The molecule has 1 aromatic heterocycles. The second kappa shape index (κ2) is 6.23. The van der Waals surface area contributed by atoms with Gasteiger partial charge in [0, 0.05) is 6.54 Å². The Hall–Kier alpha value is -3.61. The third-order valence-electron chi connectivity index (χ3n) is 4.99. The van der Waals surface area contributed by atoms with Crippen molar-refractivity contribution in [2.24, 2.45) is 0 Å². The topological polar surface area (TPSA) is 93.5 Å². The summed E-state index contributed by atoms with van der Waals surface area (Å²) in [6.07, 6.45) is 2.64. The summed E-state index contributed by atoms with van der Waals surface area (Å²) in [5, 5.41) is 11.5. The molecule has 3 aromatic rings. The molecular formula is C21H15N2O5-. The molecule has 7 heteroatoms. The number of hydrogen-bond donors (Lipinski definition) is 0. The summed E-state index contributed by atoms with van der Waals surface area (Å²) in [6.45, 7) is 1.59. The molecule has 0 saturated carbocycles. The van der Waals surface area contributed by atoms with Gasteiger partial charge in [0.1, 0.15) is 19.0 Å². The Bertz CT molecular complexity index is 1230. The molecule has 0 N–H and O–H groups in total. The van der Waals surface area contributed by atoms with Crippen molar-refractivity contribution in [1.29, 1.82) is 0 Å². The number of carbonyl (C=O) groups excluding carboxylic acids is 1. The Morgan fingerprint density at radius 1 is 1.11 bits per heavy atom. The monoisotopic (exact) mass is 375 g/mol. The number of carboxylic acids is 1. The molecule has 7 nitrogen and oxygen atoms in total. The van der Waals surface area contributed by atoms with E-state index >= 15 is 0 Å². The first-order valence-electron chi connectivity index (χ1n) is 8.97. The zero-order valence-corrected chi connectivity index (χ0v) is 14.8. The Morgan fingerprint density at radius 3 is 2.75 bits per heavy atom. The Kier molecular flexibility index (Phi) is 3.68. The summed E-state index contributed by atoms with van der Waals surface area (Å²) >= 11 is 0. The van der Waals surface area contributed by atoms with Crippen LogP contribution in [-0.2, 0) is 6.54 Å². The number of rotatable bonds is 2. The van der Waals surface area contributed by atoms with Crippen molar-refractivity contribution in [1.82, 2.24) is 9.55 Å². The van der Waals surface area contributed by atoms with Gasteiger partial charge >= 0.3 is 0 Å². The van der Waals surface area contributed by atoms with Crippen LogP contribution in [0.15, 0.2) is 41.2 Å². The van der Waals surface area contributed by atoms with Crippen LogP contribution < -0.4 is 20.1 Å². The Labute approximate surface area is 159 Å². The van der Waals surface area contributed by atoms with Crippen molar-refractivity contribution in [2.45, 2.75) is 13.0 Å². The number of aromatic nitrogens is 2. The van der Waals surface area contributed by atoms with Gasteiger partial charge in [-0.15, -0.1) is 0 Å². The first kappa shape index (κ1) is 16.6. The fourth-order valence-electron chi connectivity index (χ4n) is 3.63. The molecule has 0 unspecified atom stereocenters. The summed E-state index contributed by atoms with van der Waals surface area (Å²) in [5.74, 6) is 0.677. The molecule has 0 fully saturated rings. The first-order chi connectivity index (χ1) is 13.6. The van der Waals surface area contributed by atoms with Gasteiger partial charge in [0.2, 0.25) is 0 Å². The maximum absolute atomic E-state index is 12.8. The van der Waals surface area contributed by atoms with Gasteiger partial charge in [-0.05, 0) is 53.5 Å². The lowest BCUT2D eigenvalue weighted by Crippen LogP contribution is -2.23. The standard InChI is InChI=1S/C21H16N2O5/c24-20-15-3-2-14(21(25)26)11-16(15)22-19-13(5-6-23(19)20)9-12-1-4-17-18(10-12)28-8-7-27-17/h1-4,9-11H,5-8H2,(H,25,26)/p-1/b13-9+. The molecule has 2 aliphatic heterocycles. The van der Waals surface area contributed by atoms with E-state index in [9.17, 15) is 14.7 Å². The fourth-order valence-corrected chi connectivity index (χ4v) is 3.63. The number of fused-ring (bicyclic) bond motifs is 3. The van der Waals surface area contributed by atoms with Crippen LogP contribution in [-0.4, -0.2) is 28.7 Å². The third kappa shape index (κ3) is 2.63. The van der Waals surface area contributed by atoms with Gasteiger partial charge in [-0.1, -0.05) is 12.1 Å². The molecule has 3 heterocycles. The van der Waals surface area contributed by atoms with Crippen molar-refractivity contribution in [3.05, 3.63) is 63.7 Å². The molecule has 0 bridgehead atoms. The van der Waals surface area contributed by atoms with Gasteiger partial charge in [0.05, 0.1) is 16.9 Å². The van der Waals surface area contributed by atoms with Gasteiger partial charge in [0.25, 0.3) is 5.56 Å². The van der Waals surface area contributed by atoms with Gasteiger partial charge < -0.3 is 19.4 Å².